The van der Waals surface area contributed by atoms with Crippen LogP contribution in [0.15, 0.2) is 18.2 Å². The Morgan fingerprint density at radius 3 is 2.43 bits per heavy atom. The van der Waals surface area contributed by atoms with Crippen LogP contribution in [0, 0.1) is 0 Å². The first kappa shape index (κ1) is 17.5. The molecule has 0 N–H and O–H groups in total. The molecule has 1 atom stereocenters. The second-order valence-corrected chi connectivity index (χ2v) is 4.99. The van der Waals surface area contributed by atoms with Crippen LogP contribution in [0.25, 0.3) is 0 Å². The van der Waals surface area contributed by atoms with Gasteiger partial charge in [0.05, 0.1) is 12.7 Å². The molecule has 0 fully saturated rings. The van der Waals surface area contributed by atoms with Gasteiger partial charge in [-0.3, -0.25) is 4.79 Å². The van der Waals surface area contributed by atoms with Crippen molar-refractivity contribution in [1.29, 1.82) is 0 Å². The number of carbonyl (C=O) groups is 1. The van der Waals surface area contributed by atoms with Gasteiger partial charge in [0.15, 0.2) is 0 Å². The molecule has 1 aromatic rings. The first-order valence-electron chi connectivity index (χ1n) is 7.10. The van der Waals surface area contributed by atoms with Crippen molar-refractivity contribution in [2.45, 2.75) is 51.6 Å². The van der Waals surface area contributed by atoms with Gasteiger partial charge in [0.25, 0.3) is 0 Å². The van der Waals surface area contributed by atoms with Crippen molar-refractivity contribution in [2.75, 3.05) is 7.11 Å². The van der Waals surface area contributed by atoms with Crippen LogP contribution in [0.3, 0.4) is 0 Å². The van der Waals surface area contributed by atoms with Crippen molar-refractivity contribution in [1.82, 2.24) is 0 Å². The summed E-state index contributed by atoms with van der Waals surface area (Å²) in [4.78, 5) is 11.4. The Morgan fingerprint density at radius 1 is 1.29 bits per heavy atom. The Morgan fingerprint density at radius 2 is 1.95 bits per heavy atom. The molecule has 5 heteroatoms. The zero-order valence-electron chi connectivity index (χ0n) is 12.6. The molecular formula is C16H21F3O2. The lowest BCUT2D eigenvalue weighted by Crippen LogP contribution is -2.09. The number of benzene rings is 1. The molecule has 0 bridgehead atoms. The maximum Gasteiger partial charge on any atom is 0.416 e. The van der Waals surface area contributed by atoms with E-state index in [1.807, 2.05) is 6.92 Å². The molecule has 0 heterocycles. The third-order valence-electron chi connectivity index (χ3n) is 3.66. The predicted octanol–water partition coefficient (Wildman–Crippen LogP) is 4.97. The molecule has 0 saturated carbocycles. The number of ketones is 1. The van der Waals surface area contributed by atoms with Crippen LogP contribution in [-0.2, 0) is 11.0 Å². The van der Waals surface area contributed by atoms with Crippen molar-refractivity contribution in [3.8, 4) is 5.75 Å². The van der Waals surface area contributed by atoms with Gasteiger partial charge in [-0.2, -0.15) is 13.2 Å². The normalized spacial score (nSPS) is 13.0. The number of alkyl halides is 3. The van der Waals surface area contributed by atoms with Gasteiger partial charge in [0.2, 0.25) is 0 Å². The lowest BCUT2D eigenvalue weighted by atomic mass is 9.89. The highest BCUT2D eigenvalue weighted by atomic mass is 19.4. The summed E-state index contributed by atoms with van der Waals surface area (Å²) in [5.41, 5.74) is -0.155. The number of Topliss-reactive ketones (excluding diaryl/α,β-unsaturated/α-hetero) is 1. The van der Waals surface area contributed by atoms with Crippen LogP contribution >= 0.6 is 0 Å². The molecule has 0 spiro atoms. The van der Waals surface area contributed by atoms with E-state index < -0.39 is 11.7 Å². The molecule has 0 amide bonds. The molecule has 0 saturated heterocycles. The number of carbonyl (C=O) groups excluding carboxylic acids is 1. The maximum absolute atomic E-state index is 12.8. The second-order valence-electron chi connectivity index (χ2n) is 4.99. The van der Waals surface area contributed by atoms with E-state index in [1.165, 1.54) is 13.2 Å². The Labute approximate surface area is 123 Å². The quantitative estimate of drug-likeness (QED) is 0.711. The number of hydrogen-bond donors (Lipinski definition) is 0. The maximum atomic E-state index is 12.8. The highest BCUT2D eigenvalue weighted by molar-refractivity contribution is 5.78. The van der Waals surface area contributed by atoms with Crippen molar-refractivity contribution >= 4 is 5.78 Å². The first-order chi connectivity index (χ1) is 9.83. The highest BCUT2D eigenvalue weighted by Crippen LogP contribution is 2.38. The molecule has 1 rings (SSSR count). The lowest BCUT2D eigenvalue weighted by Gasteiger charge is -2.20. The summed E-state index contributed by atoms with van der Waals surface area (Å²) in [5.74, 6) is 0.455. The monoisotopic (exact) mass is 302 g/mol. The van der Waals surface area contributed by atoms with E-state index in [0.29, 0.717) is 37.0 Å². The Balaban J connectivity index is 3.08. The SMILES string of the molecule is CCC(=O)CCC(CC)c1cc(C(F)(F)F)ccc1OC. The number of methoxy groups -OCH3 is 1. The summed E-state index contributed by atoms with van der Waals surface area (Å²) in [6.45, 7) is 3.69. The summed E-state index contributed by atoms with van der Waals surface area (Å²) < 4.78 is 43.7. The van der Waals surface area contributed by atoms with Crippen LogP contribution in [0.5, 0.6) is 5.75 Å². The van der Waals surface area contributed by atoms with Crippen molar-refractivity contribution in [3.05, 3.63) is 29.3 Å². The van der Waals surface area contributed by atoms with E-state index in [4.69, 9.17) is 4.74 Å². The standard InChI is InChI=1S/C16H21F3O2/c1-4-11(6-8-13(20)5-2)14-10-12(16(17,18)19)7-9-15(14)21-3/h7,9-11H,4-6,8H2,1-3H3. The molecule has 21 heavy (non-hydrogen) atoms. The minimum Gasteiger partial charge on any atom is -0.496 e. The lowest BCUT2D eigenvalue weighted by molar-refractivity contribution is -0.137. The van der Waals surface area contributed by atoms with Gasteiger partial charge in [-0.1, -0.05) is 13.8 Å². The van der Waals surface area contributed by atoms with Gasteiger partial charge < -0.3 is 4.74 Å². The summed E-state index contributed by atoms with van der Waals surface area (Å²) in [5, 5.41) is 0. The van der Waals surface area contributed by atoms with E-state index >= 15 is 0 Å². The summed E-state index contributed by atoms with van der Waals surface area (Å²) in [6.07, 6.45) is -2.33. The Bertz CT molecular complexity index is 481. The van der Waals surface area contributed by atoms with Gasteiger partial charge in [-0.25, -0.2) is 0 Å². The van der Waals surface area contributed by atoms with Gasteiger partial charge >= 0.3 is 6.18 Å². The van der Waals surface area contributed by atoms with Crippen LogP contribution in [0.1, 0.15) is 56.6 Å². The fraction of sp³-hybridized carbons (Fsp3) is 0.562. The number of ether oxygens (including phenoxy) is 1. The van der Waals surface area contributed by atoms with E-state index in [2.05, 4.69) is 0 Å². The molecule has 0 aromatic heterocycles. The molecule has 0 radical (unpaired) electrons. The molecule has 0 aliphatic heterocycles. The minimum absolute atomic E-state index is 0.113. The van der Waals surface area contributed by atoms with Crippen molar-refractivity contribution < 1.29 is 22.7 Å². The van der Waals surface area contributed by atoms with Crippen molar-refractivity contribution in [2.24, 2.45) is 0 Å². The average Bonchev–Trinajstić information content (AvgIpc) is 2.46. The third-order valence-corrected chi connectivity index (χ3v) is 3.66. The smallest absolute Gasteiger partial charge is 0.416 e. The van der Waals surface area contributed by atoms with Gasteiger partial charge in [0.1, 0.15) is 11.5 Å². The van der Waals surface area contributed by atoms with Crippen LogP contribution < -0.4 is 4.74 Å². The molecule has 0 aliphatic carbocycles. The average molecular weight is 302 g/mol. The summed E-state index contributed by atoms with van der Waals surface area (Å²) >= 11 is 0. The molecule has 1 aromatic carbocycles. The topological polar surface area (TPSA) is 26.3 Å². The van der Waals surface area contributed by atoms with Crippen molar-refractivity contribution in [3.63, 3.8) is 0 Å². The highest BCUT2D eigenvalue weighted by Gasteiger charge is 2.32. The van der Waals surface area contributed by atoms with Crippen LogP contribution in [0.4, 0.5) is 13.2 Å². The van der Waals surface area contributed by atoms with Gasteiger partial charge in [-0.15, -0.1) is 0 Å². The molecule has 2 nitrogen and oxygen atoms in total. The van der Waals surface area contributed by atoms with E-state index in [0.717, 1.165) is 12.1 Å². The molecular weight excluding hydrogens is 281 g/mol. The molecule has 0 aliphatic rings. The fourth-order valence-corrected chi connectivity index (χ4v) is 2.32. The van der Waals surface area contributed by atoms with E-state index in [1.54, 1.807) is 6.92 Å². The zero-order chi connectivity index (χ0) is 16.0. The second kappa shape index (κ2) is 7.48. The van der Waals surface area contributed by atoms with Gasteiger partial charge in [-0.05, 0) is 42.5 Å². The van der Waals surface area contributed by atoms with Gasteiger partial charge in [0, 0.05) is 12.8 Å². The predicted molar refractivity (Wildman–Crippen MR) is 75.6 cm³/mol. The summed E-state index contributed by atoms with van der Waals surface area (Å²) in [7, 11) is 1.44. The molecule has 118 valence electrons. The summed E-state index contributed by atoms with van der Waals surface area (Å²) in [6, 6.07) is 3.51. The third kappa shape index (κ3) is 4.76. The first-order valence-corrected chi connectivity index (χ1v) is 7.10. The largest absolute Gasteiger partial charge is 0.496 e. The van der Waals surface area contributed by atoms with E-state index in [9.17, 15) is 18.0 Å². The number of halogens is 3. The Kier molecular flexibility index (Phi) is 6.24. The number of rotatable bonds is 7. The van der Waals surface area contributed by atoms with Crippen LogP contribution in [-0.4, -0.2) is 12.9 Å². The fourth-order valence-electron chi connectivity index (χ4n) is 2.32. The van der Waals surface area contributed by atoms with Crippen LogP contribution in [0.2, 0.25) is 0 Å². The Hall–Kier alpha value is -1.52. The van der Waals surface area contributed by atoms with E-state index in [-0.39, 0.29) is 11.7 Å². The number of hydrogen-bond acceptors (Lipinski definition) is 2. The molecule has 1 unspecified atom stereocenters. The zero-order valence-corrected chi connectivity index (χ0v) is 12.6. The minimum atomic E-state index is -4.38.